The fraction of sp³-hybridized carbons (Fsp3) is 1.00. The second-order valence-corrected chi connectivity index (χ2v) is 4.14. The van der Waals surface area contributed by atoms with Crippen molar-refractivity contribution < 1.29 is 14.0 Å². The Morgan fingerprint density at radius 2 is 1.43 bits per heavy atom. The van der Waals surface area contributed by atoms with E-state index in [0.29, 0.717) is 13.2 Å². The smallest absolute Gasteiger partial charge is 0.376 e. The van der Waals surface area contributed by atoms with E-state index in [9.17, 15) is 0 Å². The third-order valence-electron chi connectivity index (χ3n) is 2.32. The molecule has 0 aliphatic heterocycles. The molecule has 0 saturated heterocycles. The first-order chi connectivity index (χ1) is 6.39. The first-order valence-electron chi connectivity index (χ1n) is 5.54. The van der Waals surface area contributed by atoms with Crippen molar-refractivity contribution >= 4 is 6.75 Å². The largest absolute Gasteiger partial charge is 0.545 e. The van der Waals surface area contributed by atoms with Crippen molar-refractivity contribution in [2.24, 2.45) is 0 Å². The first kappa shape index (κ1) is 13.9. The molecule has 0 N–H and O–H groups in total. The highest BCUT2D eigenvalue weighted by atomic mass is 16.8. The molecule has 0 rings (SSSR count). The van der Waals surface area contributed by atoms with Gasteiger partial charge in [0.25, 0.3) is 0 Å². The molecule has 14 heavy (non-hydrogen) atoms. The zero-order valence-corrected chi connectivity index (χ0v) is 10.4. The Kier molecular flexibility index (Phi) is 5.71. The van der Waals surface area contributed by atoms with Gasteiger partial charge in [0.05, 0.1) is 0 Å². The molecule has 0 saturated carbocycles. The van der Waals surface area contributed by atoms with E-state index in [-0.39, 0.29) is 5.60 Å². The molecule has 0 aromatic rings. The highest BCUT2D eigenvalue weighted by molar-refractivity contribution is 6.59. The molecule has 0 unspecified atom stereocenters. The Bertz CT molecular complexity index is 153. The zero-order valence-electron chi connectivity index (χ0n) is 10.4. The van der Waals surface area contributed by atoms with Crippen molar-refractivity contribution in [1.29, 1.82) is 0 Å². The molecule has 0 radical (unpaired) electrons. The van der Waals surface area contributed by atoms with E-state index in [1.54, 1.807) is 0 Å². The number of hydrogen-bond donors (Lipinski definition) is 0. The summed E-state index contributed by atoms with van der Waals surface area (Å²) in [5.74, 6) is 0. The summed E-state index contributed by atoms with van der Waals surface area (Å²) in [5.41, 5.74) is -0.195. The molecule has 0 aromatic heterocycles. The van der Waals surface area contributed by atoms with Gasteiger partial charge in [-0.25, -0.2) is 0 Å². The summed E-state index contributed by atoms with van der Waals surface area (Å²) in [6.45, 7) is 11.6. The van der Waals surface area contributed by atoms with E-state index in [4.69, 9.17) is 14.0 Å². The summed E-state index contributed by atoms with van der Waals surface area (Å²) in [4.78, 5) is 0. The van der Waals surface area contributed by atoms with Crippen molar-refractivity contribution in [3.8, 4) is 0 Å². The van der Waals surface area contributed by atoms with Crippen LogP contribution in [0.15, 0.2) is 0 Å². The summed E-state index contributed by atoms with van der Waals surface area (Å²) in [6, 6.07) is 0. The lowest BCUT2D eigenvalue weighted by Gasteiger charge is -2.44. The molecular formula is C10H24BO3-. The van der Waals surface area contributed by atoms with Gasteiger partial charge in [-0.1, -0.05) is 6.92 Å². The van der Waals surface area contributed by atoms with Crippen molar-refractivity contribution in [2.75, 3.05) is 13.2 Å². The fourth-order valence-corrected chi connectivity index (χ4v) is 1.38. The van der Waals surface area contributed by atoms with Crippen LogP contribution in [0.3, 0.4) is 0 Å². The molecule has 0 heterocycles. The van der Waals surface area contributed by atoms with Gasteiger partial charge in [0.1, 0.15) is 0 Å². The second-order valence-electron chi connectivity index (χ2n) is 4.14. The average Bonchev–Trinajstić information content (AvgIpc) is 2.03. The molecule has 3 nitrogen and oxygen atoms in total. The predicted octanol–water partition coefficient (Wildman–Crippen LogP) is 2.83. The molecule has 4 heteroatoms. The maximum Gasteiger partial charge on any atom is 0.376 e. The Hall–Kier alpha value is -0.0551. The minimum atomic E-state index is -1.59. The van der Waals surface area contributed by atoms with E-state index < -0.39 is 6.75 Å². The lowest BCUT2D eigenvalue weighted by atomic mass is 9.80. The van der Waals surface area contributed by atoms with Crippen LogP contribution in [0.5, 0.6) is 0 Å². The van der Waals surface area contributed by atoms with Crippen LogP contribution in [0.4, 0.5) is 0 Å². The molecule has 0 fully saturated rings. The van der Waals surface area contributed by atoms with Gasteiger partial charge in [-0.15, -0.1) is 6.82 Å². The molecule has 86 valence electrons. The monoisotopic (exact) mass is 203 g/mol. The molecule has 0 amide bonds. The Labute approximate surface area is 88.1 Å². The zero-order chi connectivity index (χ0) is 11.2. The van der Waals surface area contributed by atoms with Gasteiger partial charge in [-0.05, 0) is 47.3 Å². The van der Waals surface area contributed by atoms with Crippen LogP contribution in [0.2, 0.25) is 6.82 Å². The summed E-state index contributed by atoms with van der Waals surface area (Å²) in [6.07, 6.45) is 0.935. The van der Waals surface area contributed by atoms with Crippen LogP contribution in [-0.4, -0.2) is 25.6 Å². The molecule has 0 aliphatic rings. The molecule has 0 spiro atoms. The van der Waals surface area contributed by atoms with E-state index in [1.807, 2.05) is 34.5 Å². The van der Waals surface area contributed by atoms with Gasteiger partial charge in [0, 0.05) is 5.60 Å². The molecular weight excluding hydrogens is 179 g/mol. The van der Waals surface area contributed by atoms with Crippen molar-refractivity contribution in [1.82, 2.24) is 0 Å². The Morgan fingerprint density at radius 3 is 1.71 bits per heavy atom. The summed E-state index contributed by atoms with van der Waals surface area (Å²) >= 11 is 0. The molecule has 0 aliphatic carbocycles. The normalized spacial score (nSPS) is 13.3. The predicted molar refractivity (Wildman–Crippen MR) is 60.3 cm³/mol. The maximum atomic E-state index is 5.87. The van der Waals surface area contributed by atoms with E-state index >= 15 is 0 Å². The van der Waals surface area contributed by atoms with E-state index in [0.717, 1.165) is 6.42 Å². The molecule has 0 aromatic carbocycles. The second kappa shape index (κ2) is 5.74. The summed E-state index contributed by atoms with van der Waals surface area (Å²) in [5, 5.41) is 0. The van der Waals surface area contributed by atoms with Gasteiger partial charge < -0.3 is 14.0 Å². The average molecular weight is 203 g/mol. The SMILES string of the molecule is CCO[B-](C)(OCC)OC(C)(C)CC. The first-order valence-corrected chi connectivity index (χ1v) is 5.54. The molecule has 0 bridgehead atoms. The van der Waals surface area contributed by atoms with Gasteiger partial charge in [0.2, 0.25) is 0 Å². The standard InChI is InChI=1S/C10H24BO3/c1-7-10(4,5)14-11(6,12-8-2)13-9-3/h7-9H2,1-6H3/q-1. The summed E-state index contributed by atoms with van der Waals surface area (Å²) < 4.78 is 16.9. The minimum Gasteiger partial charge on any atom is -0.545 e. The third kappa shape index (κ3) is 4.98. The topological polar surface area (TPSA) is 27.7 Å². The summed E-state index contributed by atoms with van der Waals surface area (Å²) in [7, 11) is 0. The van der Waals surface area contributed by atoms with Crippen LogP contribution in [0.25, 0.3) is 0 Å². The van der Waals surface area contributed by atoms with E-state index in [2.05, 4.69) is 6.92 Å². The Morgan fingerprint density at radius 1 is 1.00 bits per heavy atom. The lowest BCUT2D eigenvalue weighted by molar-refractivity contribution is -0.00726. The van der Waals surface area contributed by atoms with Crippen LogP contribution in [0.1, 0.15) is 41.0 Å². The van der Waals surface area contributed by atoms with Crippen molar-refractivity contribution in [3.63, 3.8) is 0 Å². The highest BCUT2D eigenvalue weighted by Gasteiger charge is 2.28. The highest BCUT2D eigenvalue weighted by Crippen LogP contribution is 2.22. The third-order valence-corrected chi connectivity index (χ3v) is 2.32. The fourth-order valence-electron chi connectivity index (χ4n) is 1.38. The van der Waals surface area contributed by atoms with Gasteiger partial charge in [-0.3, -0.25) is 0 Å². The van der Waals surface area contributed by atoms with Gasteiger partial charge in [0.15, 0.2) is 0 Å². The van der Waals surface area contributed by atoms with Crippen LogP contribution in [0, 0.1) is 0 Å². The quantitative estimate of drug-likeness (QED) is 0.595. The van der Waals surface area contributed by atoms with Crippen LogP contribution >= 0.6 is 0 Å². The van der Waals surface area contributed by atoms with Crippen LogP contribution in [-0.2, 0) is 14.0 Å². The van der Waals surface area contributed by atoms with E-state index in [1.165, 1.54) is 0 Å². The van der Waals surface area contributed by atoms with Gasteiger partial charge in [-0.2, -0.15) is 0 Å². The van der Waals surface area contributed by atoms with Crippen molar-refractivity contribution in [3.05, 3.63) is 0 Å². The lowest BCUT2D eigenvalue weighted by Crippen LogP contribution is -2.48. The maximum absolute atomic E-state index is 5.87. The van der Waals surface area contributed by atoms with Crippen LogP contribution < -0.4 is 0 Å². The number of hydrogen-bond acceptors (Lipinski definition) is 3. The minimum absolute atomic E-state index is 0.195. The van der Waals surface area contributed by atoms with Gasteiger partial charge >= 0.3 is 6.75 Å². The number of rotatable bonds is 7. The Balaban J connectivity index is 4.34. The van der Waals surface area contributed by atoms with Crippen molar-refractivity contribution in [2.45, 2.75) is 53.5 Å². The molecule has 0 atom stereocenters.